The van der Waals surface area contributed by atoms with Gasteiger partial charge in [0.05, 0.1) is 28.9 Å². The standard InChI is InChI=1S/C34H45N5O3/c1-2-39-29-15-7-6-14-28(29)36-33(39)38-21-10-13-27(25-38)31(40)37-22-18-34(19-23-37)17-9-3-4-11-26-12-5-8-16-30(26)42-24-20-35-32(34)41/h5-8,12,14-16,27H,2-4,9-11,13,17-25H2,1H3,(H,35,41). The van der Waals surface area contributed by atoms with Gasteiger partial charge in [-0.25, -0.2) is 4.98 Å². The summed E-state index contributed by atoms with van der Waals surface area (Å²) in [6.07, 6.45) is 8.44. The zero-order valence-corrected chi connectivity index (χ0v) is 25.0. The van der Waals surface area contributed by atoms with Crippen LogP contribution in [0, 0.1) is 11.3 Å². The van der Waals surface area contributed by atoms with E-state index in [2.05, 4.69) is 52.0 Å². The van der Waals surface area contributed by atoms with Crippen LogP contribution in [-0.4, -0.2) is 65.6 Å². The molecule has 1 N–H and O–H groups in total. The Morgan fingerprint density at radius 3 is 2.67 bits per heavy atom. The minimum Gasteiger partial charge on any atom is -0.491 e. The number of hydrogen-bond donors (Lipinski definition) is 1. The molecule has 2 aromatic carbocycles. The number of carbonyl (C=O) groups is 2. The first-order valence-corrected chi connectivity index (χ1v) is 16.1. The van der Waals surface area contributed by atoms with Crippen molar-refractivity contribution in [3.63, 3.8) is 0 Å². The molecule has 42 heavy (non-hydrogen) atoms. The molecule has 4 heterocycles. The number of anilines is 1. The lowest BCUT2D eigenvalue weighted by atomic mass is 9.73. The largest absolute Gasteiger partial charge is 0.491 e. The first kappa shape index (κ1) is 28.6. The molecule has 0 aliphatic carbocycles. The Morgan fingerprint density at radius 2 is 1.81 bits per heavy atom. The zero-order chi connectivity index (χ0) is 28.9. The lowest BCUT2D eigenvalue weighted by molar-refractivity contribution is -0.143. The van der Waals surface area contributed by atoms with Gasteiger partial charge in [-0.2, -0.15) is 0 Å². The fraction of sp³-hybridized carbons (Fsp3) is 0.559. The van der Waals surface area contributed by atoms with E-state index in [0.717, 1.165) is 93.6 Å². The van der Waals surface area contributed by atoms with Crippen molar-refractivity contribution < 1.29 is 14.3 Å². The van der Waals surface area contributed by atoms with Crippen LogP contribution in [0.25, 0.3) is 11.0 Å². The van der Waals surface area contributed by atoms with Crippen LogP contribution in [0.15, 0.2) is 48.5 Å². The monoisotopic (exact) mass is 571 g/mol. The predicted molar refractivity (Wildman–Crippen MR) is 166 cm³/mol. The number of imidazole rings is 1. The van der Waals surface area contributed by atoms with Crippen molar-refractivity contribution in [1.82, 2.24) is 19.8 Å². The van der Waals surface area contributed by atoms with Crippen molar-refractivity contribution in [2.24, 2.45) is 11.3 Å². The number of aromatic nitrogens is 2. The molecule has 1 spiro atoms. The lowest BCUT2D eigenvalue weighted by Gasteiger charge is -2.43. The van der Waals surface area contributed by atoms with Crippen molar-refractivity contribution >= 4 is 28.8 Å². The molecule has 2 saturated heterocycles. The number of nitrogens with zero attached hydrogens (tertiary/aromatic N) is 4. The number of nitrogens with one attached hydrogen (secondary N) is 1. The highest BCUT2D eigenvalue weighted by molar-refractivity contribution is 5.84. The van der Waals surface area contributed by atoms with Crippen LogP contribution in [0.3, 0.4) is 0 Å². The number of hydrogen-bond acceptors (Lipinski definition) is 5. The number of ether oxygens (including phenoxy) is 1. The number of piperidine rings is 2. The molecule has 8 nitrogen and oxygen atoms in total. The van der Waals surface area contributed by atoms with E-state index in [1.807, 2.05) is 23.1 Å². The van der Waals surface area contributed by atoms with Crippen LogP contribution in [0.2, 0.25) is 0 Å². The van der Waals surface area contributed by atoms with Crippen LogP contribution < -0.4 is 15.0 Å². The average molecular weight is 572 g/mol. The smallest absolute Gasteiger partial charge is 0.227 e. The number of amides is 2. The van der Waals surface area contributed by atoms with Crippen molar-refractivity contribution in [3.8, 4) is 5.75 Å². The molecule has 3 aliphatic rings. The summed E-state index contributed by atoms with van der Waals surface area (Å²) < 4.78 is 8.30. The molecule has 3 aromatic rings. The molecule has 6 rings (SSSR count). The molecule has 1 atom stereocenters. The molecule has 2 fully saturated rings. The van der Waals surface area contributed by atoms with Gasteiger partial charge in [0, 0.05) is 32.7 Å². The summed E-state index contributed by atoms with van der Waals surface area (Å²) in [7, 11) is 0. The first-order chi connectivity index (χ1) is 20.6. The third-order valence-corrected chi connectivity index (χ3v) is 9.74. The number of aryl methyl sites for hydroxylation is 2. The van der Waals surface area contributed by atoms with Gasteiger partial charge in [0.1, 0.15) is 12.4 Å². The van der Waals surface area contributed by atoms with E-state index in [9.17, 15) is 9.59 Å². The fourth-order valence-electron chi connectivity index (χ4n) is 7.30. The third kappa shape index (κ3) is 5.86. The van der Waals surface area contributed by atoms with Crippen molar-refractivity contribution in [2.75, 3.05) is 44.2 Å². The van der Waals surface area contributed by atoms with Gasteiger partial charge in [-0.3, -0.25) is 9.59 Å². The van der Waals surface area contributed by atoms with E-state index < -0.39 is 5.41 Å². The molecule has 0 bridgehead atoms. The number of carbonyl (C=O) groups excluding carboxylic acids is 2. The third-order valence-electron chi connectivity index (χ3n) is 9.74. The van der Waals surface area contributed by atoms with Crippen LogP contribution in [-0.2, 0) is 22.6 Å². The van der Waals surface area contributed by atoms with E-state index in [1.165, 1.54) is 5.56 Å². The topological polar surface area (TPSA) is 79.7 Å². The minimum absolute atomic E-state index is 0.0365. The maximum Gasteiger partial charge on any atom is 0.227 e. The summed E-state index contributed by atoms with van der Waals surface area (Å²) in [5.74, 6) is 2.24. The summed E-state index contributed by atoms with van der Waals surface area (Å²) in [6.45, 7) is 6.89. The molecular formula is C34H45N5O3. The molecule has 1 aromatic heterocycles. The highest BCUT2D eigenvalue weighted by Gasteiger charge is 2.43. The van der Waals surface area contributed by atoms with Gasteiger partial charge < -0.3 is 24.4 Å². The summed E-state index contributed by atoms with van der Waals surface area (Å²) in [5, 5.41) is 3.18. The van der Waals surface area contributed by atoms with Crippen LogP contribution in [0.4, 0.5) is 5.95 Å². The second-order valence-corrected chi connectivity index (χ2v) is 12.3. The maximum absolute atomic E-state index is 13.8. The van der Waals surface area contributed by atoms with Crippen molar-refractivity contribution in [1.29, 1.82) is 0 Å². The second kappa shape index (κ2) is 12.8. The lowest BCUT2D eigenvalue weighted by Crippen LogP contribution is -2.53. The molecule has 3 aliphatic heterocycles. The number of likely N-dealkylation sites (tertiary alicyclic amines) is 1. The number of para-hydroxylation sites is 3. The van der Waals surface area contributed by atoms with Gasteiger partial charge in [0.2, 0.25) is 17.8 Å². The summed E-state index contributed by atoms with van der Waals surface area (Å²) in [4.78, 5) is 36.7. The Hall–Kier alpha value is -3.55. The van der Waals surface area contributed by atoms with Gasteiger partial charge in [-0.1, -0.05) is 43.2 Å². The second-order valence-electron chi connectivity index (χ2n) is 12.3. The van der Waals surface area contributed by atoms with Crippen molar-refractivity contribution in [2.45, 2.75) is 71.3 Å². The number of benzene rings is 2. The molecule has 0 saturated carbocycles. The van der Waals surface area contributed by atoms with Crippen molar-refractivity contribution in [3.05, 3.63) is 54.1 Å². The summed E-state index contributed by atoms with van der Waals surface area (Å²) in [6, 6.07) is 16.5. The van der Waals surface area contributed by atoms with Gasteiger partial charge in [0.15, 0.2) is 0 Å². The first-order valence-electron chi connectivity index (χ1n) is 16.1. The number of fused-ring (bicyclic) bond motifs is 2. The Morgan fingerprint density at radius 1 is 1.00 bits per heavy atom. The van der Waals surface area contributed by atoms with Gasteiger partial charge in [-0.15, -0.1) is 0 Å². The Bertz CT molecular complexity index is 1390. The highest BCUT2D eigenvalue weighted by atomic mass is 16.5. The number of rotatable bonds is 3. The van der Waals surface area contributed by atoms with E-state index in [4.69, 9.17) is 9.72 Å². The normalized spacial score (nSPS) is 21.9. The molecule has 224 valence electrons. The molecule has 0 radical (unpaired) electrons. The maximum atomic E-state index is 13.8. The van der Waals surface area contributed by atoms with Crippen LogP contribution in [0.1, 0.15) is 63.9 Å². The van der Waals surface area contributed by atoms with Gasteiger partial charge >= 0.3 is 0 Å². The predicted octanol–water partition coefficient (Wildman–Crippen LogP) is 5.19. The quantitative estimate of drug-likeness (QED) is 0.468. The molecular weight excluding hydrogens is 526 g/mol. The summed E-state index contributed by atoms with van der Waals surface area (Å²) in [5.41, 5.74) is 3.00. The Balaban J connectivity index is 1.08. The SMILES string of the molecule is CCn1c(N2CCCC(C(=O)N3CCC4(CCCCCc5ccccc5OCCNC4=O)CC3)C2)nc2ccccc21. The van der Waals surface area contributed by atoms with E-state index in [0.29, 0.717) is 32.8 Å². The average Bonchev–Trinajstić information content (AvgIpc) is 3.42. The van der Waals surface area contributed by atoms with E-state index in [1.54, 1.807) is 0 Å². The van der Waals surface area contributed by atoms with Crippen LogP contribution >= 0.6 is 0 Å². The molecule has 8 heteroatoms. The Labute approximate surface area is 249 Å². The van der Waals surface area contributed by atoms with Gasteiger partial charge in [-0.05, 0) is 75.6 Å². The highest BCUT2D eigenvalue weighted by Crippen LogP contribution is 2.38. The van der Waals surface area contributed by atoms with E-state index >= 15 is 0 Å². The van der Waals surface area contributed by atoms with Gasteiger partial charge in [0.25, 0.3) is 0 Å². The Kier molecular flexibility index (Phi) is 8.68. The zero-order valence-electron chi connectivity index (χ0n) is 25.0. The summed E-state index contributed by atoms with van der Waals surface area (Å²) >= 11 is 0. The van der Waals surface area contributed by atoms with E-state index in [-0.39, 0.29) is 17.7 Å². The molecule has 1 unspecified atom stereocenters. The minimum atomic E-state index is -0.401. The van der Waals surface area contributed by atoms with Crippen LogP contribution in [0.5, 0.6) is 5.75 Å². The fourth-order valence-corrected chi connectivity index (χ4v) is 7.30. The molecule has 2 amide bonds.